The van der Waals surface area contributed by atoms with Gasteiger partial charge in [0.1, 0.15) is 0 Å². The maximum atomic E-state index is 11.8. The summed E-state index contributed by atoms with van der Waals surface area (Å²) in [5.41, 5.74) is 0.272. The average molecular weight is 297 g/mol. The summed E-state index contributed by atoms with van der Waals surface area (Å²) < 4.78 is 27.0. The number of esters is 1. The third-order valence-electron chi connectivity index (χ3n) is 3.26. The molecule has 0 aromatic heterocycles. The number of ketones is 1. The Balaban J connectivity index is 1.94. The number of carbonyl (C=O) groups is 2. The standard InChI is InChI=1S/C13H15NO5S/c1-8-6-11(8)13(16)19-7-12(15)9-2-4-10(5-3-9)20(14,17)18/h2-5,8,11H,6-7H2,1H3,(H2,14,17,18)/t8-,11-/m1/s1. The zero-order valence-corrected chi connectivity index (χ0v) is 11.7. The summed E-state index contributed by atoms with van der Waals surface area (Å²) in [6.07, 6.45) is 0.802. The highest BCUT2D eigenvalue weighted by atomic mass is 32.2. The predicted molar refractivity (Wildman–Crippen MR) is 70.4 cm³/mol. The SMILES string of the molecule is C[C@@H]1C[C@H]1C(=O)OCC(=O)c1ccc(S(N)(=O)=O)cc1. The highest BCUT2D eigenvalue weighted by Gasteiger charge is 2.40. The van der Waals surface area contributed by atoms with E-state index in [0.29, 0.717) is 5.92 Å². The van der Waals surface area contributed by atoms with Gasteiger partial charge in [0.15, 0.2) is 12.4 Å². The summed E-state index contributed by atoms with van der Waals surface area (Å²) in [6, 6.07) is 5.17. The van der Waals surface area contributed by atoms with Gasteiger partial charge in [-0.15, -0.1) is 0 Å². The highest BCUT2D eigenvalue weighted by molar-refractivity contribution is 7.89. The molecule has 1 aromatic carbocycles. The number of hydrogen-bond acceptors (Lipinski definition) is 5. The minimum Gasteiger partial charge on any atom is -0.457 e. The fraction of sp³-hybridized carbons (Fsp3) is 0.385. The van der Waals surface area contributed by atoms with Gasteiger partial charge in [-0.1, -0.05) is 6.92 Å². The zero-order valence-electron chi connectivity index (χ0n) is 10.9. The van der Waals surface area contributed by atoms with Gasteiger partial charge >= 0.3 is 5.97 Å². The van der Waals surface area contributed by atoms with Gasteiger partial charge in [-0.05, 0) is 36.6 Å². The van der Waals surface area contributed by atoms with Gasteiger partial charge in [0, 0.05) is 5.56 Å². The average Bonchev–Trinajstić information content (AvgIpc) is 3.12. The van der Waals surface area contributed by atoms with E-state index in [2.05, 4.69) is 0 Å². The normalized spacial score (nSPS) is 21.3. The van der Waals surface area contributed by atoms with E-state index >= 15 is 0 Å². The van der Waals surface area contributed by atoms with Crippen LogP contribution in [0.4, 0.5) is 0 Å². The Kier molecular flexibility index (Phi) is 3.92. The van der Waals surface area contributed by atoms with Crippen molar-refractivity contribution in [2.24, 2.45) is 17.0 Å². The first kappa shape index (κ1) is 14.7. The van der Waals surface area contributed by atoms with E-state index in [1.54, 1.807) is 0 Å². The number of Topliss-reactive ketones (excluding diaryl/α,β-unsaturated/α-hetero) is 1. The molecule has 1 aliphatic rings. The Hall–Kier alpha value is -1.73. The molecule has 0 amide bonds. The number of primary sulfonamides is 1. The molecule has 1 aliphatic carbocycles. The molecular weight excluding hydrogens is 282 g/mol. The molecule has 2 N–H and O–H groups in total. The second kappa shape index (κ2) is 5.34. The first-order chi connectivity index (χ1) is 9.29. The molecule has 1 fully saturated rings. The Morgan fingerprint density at radius 1 is 1.30 bits per heavy atom. The van der Waals surface area contributed by atoms with Crippen molar-refractivity contribution in [1.82, 2.24) is 0 Å². The van der Waals surface area contributed by atoms with Crippen molar-refractivity contribution in [3.8, 4) is 0 Å². The van der Waals surface area contributed by atoms with Crippen LogP contribution in [0.15, 0.2) is 29.2 Å². The van der Waals surface area contributed by atoms with E-state index in [0.717, 1.165) is 6.42 Å². The quantitative estimate of drug-likeness (QED) is 0.637. The van der Waals surface area contributed by atoms with Gasteiger partial charge in [-0.3, -0.25) is 9.59 Å². The van der Waals surface area contributed by atoms with Crippen molar-refractivity contribution >= 4 is 21.8 Å². The fourth-order valence-electron chi connectivity index (χ4n) is 1.81. The number of carbonyl (C=O) groups excluding carboxylic acids is 2. The van der Waals surface area contributed by atoms with Gasteiger partial charge in [0.2, 0.25) is 10.0 Å². The number of benzene rings is 1. The third-order valence-corrected chi connectivity index (χ3v) is 4.19. The van der Waals surface area contributed by atoms with Crippen molar-refractivity contribution < 1.29 is 22.7 Å². The molecule has 7 heteroatoms. The molecule has 0 heterocycles. The highest BCUT2D eigenvalue weighted by Crippen LogP contribution is 2.38. The predicted octanol–water partition coefficient (Wildman–Crippen LogP) is 0.716. The Bertz CT molecular complexity index is 635. The van der Waals surface area contributed by atoms with Crippen LogP contribution in [0, 0.1) is 11.8 Å². The van der Waals surface area contributed by atoms with Crippen LogP contribution in [-0.2, 0) is 19.6 Å². The molecule has 0 spiro atoms. The Morgan fingerprint density at radius 3 is 2.30 bits per heavy atom. The summed E-state index contributed by atoms with van der Waals surface area (Å²) in [5.74, 6) is -0.501. The van der Waals surface area contributed by atoms with Crippen molar-refractivity contribution in [2.45, 2.75) is 18.2 Å². The first-order valence-electron chi connectivity index (χ1n) is 6.11. The van der Waals surface area contributed by atoms with Crippen LogP contribution < -0.4 is 5.14 Å². The fourth-order valence-corrected chi connectivity index (χ4v) is 2.32. The van der Waals surface area contributed by atoms with Gasteiger partial charge in [-0.2, -0.15) is 0 Å². The molecule has 0 unspecified atom stereocenters. The van der Waals surface area contributed by atoms with E-state index in [1.165, 1.54) is 24.3 Å². The zero-order chi connectivity index (χ0) is 14.9. The second-order valence-electron chi connectivity index (χ2n) is 4.92. The Labute approximate surface area is 117 Å². The molecular formula is C13H15NO5S. The molecule has 0 aliphatic heterocycles. The molecule has 1 aromatic rings. The lowest BCUT2D eigenvalue weighted by Crippen LogP contribution is -2.16. The van der Waals surface area contributed by atoms with E-state index < -0.39 is 10.0 Å². The molecule has 2 rings (SSSR count). The van der Waals surface area contributed by atoms with Crippen LogP contribution in [-0.4, -0.2) is 26.8 Å². The van der Waals surface area contributed by atoms with Crippen molar-refractivity contribution in [3.05, 3.63) is 29.8 Å². The van der Waals surface area contributed by atoms with Crippen LogP contribution in [0.1, 0.15) is 23.7 Å². The minimum absolute atomic E-state index is 0.0714. The van der Waals surface area contributed by atoms with E-state index in [1.807, 2.05) is 6.92 Å². The van der Waals surface area contributed by atoms with E-state index in [9.17, 15) is 18.0 Å². The molecule has 2 atom stereocenters. The summed E-state index contributed by atoms with van der Waals surface area (Å²) in [5, 5.41) is 4.95. The third kappa shape index (κ3) is 3.43. The minimum atomic E-state index is -3.78. The van der Waals surface area contributed by atoms with E-state index in [4.69, 9.17) is 9.88 Å². The van der Waals surface area contributed by atoms with Gasteiger partial charge in [-0.25, -0.2) is 13.6 Å². The lowest BCUT2D eigenvalue weighted by atomic mass is 10.1. The number of rotatable bonds is 5. The van der Waals surface area contributed by atoms with Crippen LogP contribution >= 0.6 is 0 Å². The molecule has 0 bridgehead atoms. The van der Waals surface area contributed by atoms with Crippen LogP contribution in [0.2, 0.25) is 0 Å². The molecule has 6 nitrogen and oxygen atoms in total. The lowest BCUT2D eigenvalue weighted by molar-refractivity contribution is -0.144. The second-order valence-corrected chi connectivity index (χ2v) is 6.48. The van der Waals surface area contributed by atoms with E-state index in [-0.39, 0.29) is 34.7 Å². The summed E-state index contributed by atoms with van der Waals surface area (Å²) in [7, 11) is -3.78. The van der Waals surface area contributed by atoms with Crippen molar-refractivity contribution in [3.63, 3.8) is 0 Å². The molecule has 20 heavy (non-hydrogen) atoms. The maximum Gasteiger partial charge on any atom is 0.309 e. The van der Waals surface area contributed by atoms with Crippen molar-refractivity contribution in [1.29, 1.82) is 0 Å². The van der Waals surface area contributed by atoms with Gasteiger partial charge in [0.25, 0.3) is 0 Å². The van der Waals surface area contributed by atoms with Gasteiger partial charge in [0.05, 0.1) is 10.8 Å². The number of nitrogens with two attached hydrogens (primary N) is 1. The maximum absolute atomic E-state index is 11.8. The topological polar surface area (TPSA) is 104 Å². The number of ether oxygens (including phenoxy) is 1. The number of sulfonamides is 1. The van der Waals surface area contributed by atoms with Crippen LogP contribution in [0.5, 0.6) is 0 Å². The summed E-state index contributed by atoms with van der Waals surface area (Å²) in [6.45, 7) is 1.61. The number of hydrogen-bond donors (Lipinski definition) is 1. The van der Waals surface area contributed by atoms with Gasteiger partial charge < -0.3 is 4.74 Å². The van der Waals surface area contributed by atoms with Crippen LogP contribution in [0.3, 0.4) is 0 Å². The Morgan fingerprint density at radius 2 is 1.85 bits per heavy atom. The summed E-state index contributed by atoms with van der Waals surface area (Å²) in [4.78, 5) is 23.2. The smallest absolute Gasteiger partial charge is 0.309 e. The molecule has 0 saturated heterocycles. The summed E-state index contributed by atoms with van der Waals surface area (Å²) >= 11 is 0. The molecule has 1 saturated carbocycles. The van der Waals surface area contributed by atoms with Crippen LogP contribution in [0.25, 0.3) is 0 Å². The van der Waals surface area contributed by atoms with Crippen molar-refractivity contribution in [2.75, 3.05) is 6.61 Å². The molecule has 108 valence electrons. The monoisotopic (exact) mass is 297 g/mol. The lowest BCUT2D eigenvalue weighted by Gasteiger charge is -2.04. The molecule has 0 radical (unpaired) electrons. The first-order valence-corrected chi connectivity index (χ1v) is 7.66. The largest absolute Gasteiger partial charge is 0.457 e.